The lowest BCUT2D eigenvalue weighted by Gasteiger charge is -2.16. The Balaban J connectivity index is 1.27. The second kappa shape index (κ2) is 21.5. The molecule has 4 N–H and O–H groups in total. The molecule has 0 saturated carbocycles. The minimum atomic E-state index is -4.74. The van der Waals surface area contributed by atoms with E-state index in [1.807, 2.05) is 0 Å². The maximum Gasteiger partial charge on any atom is 0.416 e. The molecule has 5 rings (SSSR count). The lowest BCUT2D eigenvalue weighted by molar-refractivity contribution is -0.138. The fraction of sp³-hybridized carbons (Fsp3) is 0.182. The number of nitrogens with zero attached hydrogens (tertiary/aromatic N) is 4. The summed E-state index contributed by atoms with van der Waals surface area (Å²) in [6, 6.07) is 11.6. The normalized spacial score (nSPS) is 12.7. The fourth-order valence-electron chi connectivity index (χ4n) is 5.88. The van der Waals surface area contributed by atoms with Gasteiger partial charge in [0.25, 0.3) is 23.6 Å². The van der Waals surface area contributed by atoms with Crippen molar-refractivity contribution >= 4 is 116 Å². The zero-order chi connectivity index (χ0) is 50.4. The number of hydrogen-bond acceptors (Lipinski definition) is 10. The van der Waals surface area contributed by atoms with Gasteiger partial charge in [0.15, 0.2) is 11.6 Å². The summed E-state index contributed by atoms with van der Waals surface area (Å²) in [6.45, 7) is 5.23. The van der Waals surface area contributed by atoms with Crippen molar-refractivity contribution in [1.29, 1.82) is 0 Å². The first kappa shape index (κ1) is 52.2. The number of carbonyl (C=O) groups is 6. The molecule has 68 heavy (non-hydrogen) atoms. The second-order valence-corrected chi connectivity index (χ2v) is 16.3. The van der Waals surface area contributed by atoms with E-state index in [2.05, 4.69) is 41.7 Å². The molecule has 0 aromatic heterocycles. The summed E-state index contributed by atoms with van der Waals surface area (Å²) in [5.41, 5.74) is -2.21. The zero-order valence-electron chi connectivity index (χ0n) is 35.3. The molecule has 0 aliphatic carbocycles. The number of anilines is 4. The number of hydrogen-bond donors (Lipinski definition) is 4. The van der Waals surface area contributed by atoms with E-state index < -0.39 is 70.8 Å². The fourth-order valence-corrected chi connectivity index (χ4v) is 6.66. The van der Waals surface area contributed by atoms with Gasteiger partial charge in [-0.25, -0.2) is 0 Å². The van der Waals surface area contributed by atoms with Crippen molar-refractivity contribution in [2.45, 2.75) is 52.1 Å². The largest absolute Gasteiger partial charge is 0.416 e. The molecule has 5 aromatic carbocycles. The molecule has 5 aromatic rings. The maximum absolute atomic E-state index is 13.4. The minimum Gasteiger partial charge on any atom is -0.324 e. The predicted molar refractivity (Wildman–Crippen MR) is 243 cm³/mol. The SMILES string of the molecule is CC(=O)C(N=Nc1cc(C(=O)Nc2cc(Cl)cc(C(F)(F)F)c2)ccc1Cl)C(=O)Nc1cc(C)c(NC(=O)C(N=Nc2cc(C(=O)Nc3cc(Cl)cc(C(F)(F)F)c3)ccc2Cl)C(C)=O)cc1C. The van der Waals surface area contributed by atoms with Gasteiger partial charge in [0, 0.05) is 43.9 Å². The van der Waals surface area contributed by atoms with Crippen LogP contribution in [-0.2, 0) is 31.5 Å². The van der Waals surface area contributed by atoms with Crippen LogP contribution in [0.4, 0.5) is 60.5 Å². The highest BCUT2D eigenvalue weighted by molar-refractivity contribution is 6.34. The topological polar surface area (TPSA) is 200 Å². The van der Waals surface area contributed by atoms with Crippen molar-refractivity contribution in [3.8, 4) is 0 Å². The number of aryl methyl sites for hydroxylation is 2. The molecule has 0 aliphatic rings. The summed E-state index contributed by atoms with van der Waals surface area (Å²) < 4.78 is 79.7. The van der Waals surface area contributed by atoms with E-state index in [1.165, 1.54) is 36.4 Å². The Labute approximate surface area is 401 Å². The Kier molecular flexibility index (Phi) is 16.5. The van der Waals surface area contributed by atoms with Crippen LogP contribution in [0.3, 0.4) is 0 Å². The van der Waals surface area contributed by atoms with Crippen LogP contribution in [0.15, 0.2) is 105 Å². The molecule has 0 fully saturated rings. The standard InChI is InChI=1S/C44H32Cl4F6N8O6/c1-19-9-34(58-42(68)38(22(4)64)62-60-36-12-24(6-8-32(36)48)40(66)56-30-16-26(44(52,53)54)14-28(46)18-30)20(2)10-33(19)57-41(67)37(21(3)63)61-59-35-11-23(5-7-31(35)47)39(65)55-29-15-25(43(49,50)51)13-27(45)17-29/h5-18,37-38H,1-4H3,(H,55,65)(H,56,66)(H,57,67)(H,58,68). The third-order valence-corrected chi connectivity index (χ3v) is 10.4. The number of carbonyl (C=O) groups excluding carboxylic acids is 6. The molecule has 0 aliphatic heterocycles. The highest BCUT2D eigenvalue weighted by atomic mass is 35.5. The first-order chi connectivity index (χ1) is 31.7. The number of azo groups is 2. The van der Waals surface area contributed by atoms with Crippen molar-refractivity contribution in [3.63, 3.8) is 0 Å². The molecule has 354 valence electrons. The Morgan fingerprint density at radius 2 is 0.853 bits per heavy atom. The van der Waals surface area contributed by atoms with Gasteiger partial charge in [-0.05, 0) is 124 Å². The number of nitrogens with one attached hydrogen (secondary N) is 4. The molecule has 0 saturated heterocycles. The summed E-state index contributed by atoms with van der Waals surface area (Å²) >= 11 is 24.1. The van der Waals surface area contributed by atoms with Crippen LogP contribution in [-0.4, -0.2) is 47.3 Å². The predicted octanol–water partition coefficient (Wildman–Crippen LogP) is 12.8. The lowest BCUT2D eigenvalue weighted by Crippen LogP contribution is -2.32. The van der Waals surface area contributed by atoms with Gasteiger partial charge in [0.1, 0.15) is 11.4 Å². The average Bonchev–Trinajstić information content (AvgIpc) is 3.22. The van der Waals surface area contributed by atoms with Gasteiger partial charge in [-0.3, -0.25) is 28.8 Å². The molecule has 0 heterocycles. The van der Waals surface area contributed by atoms with Crippen molar-refractivity contribution in [2.24, 2.45) is 20.5 Å². The van der Waals surface area contributed by atoms with E-state index in [4.69, 9.17) is 46.4 Å². The van der Waals surface area contributed by atoms with E-state index in [1.54, 1.807) is 13.8 Å². The van der Waals surface area contributed by atoms with Gasteiger partial charge >= 0.3 is 12.4 Å². The van der Waals surface area contributed by atoms with Crippen LogP contribution in [0.2, 0.25) is 20.1 Å². The van der Waals surface area contributed by atoms with Gasteiger partial charge in [-0.1, -0.05) is 46.4 Å². The third kappa shape index (κ3) is 13.7. The number of rotatable bonds is 14. The van der Waals surface area contributed by atoms with Crippen molar-refractivity contribution < 1.29 is 55.1 Å². The summed E-state index contributed by atoms with van der Waals surface area (Å²) in [5, 5.41) is 24.6. The van der Waals surface area contributed by atoms with Gasteiger partial charge in [0.2, 0.25) is 12.1 Å². The first-order valence-electron chi connectivity index (χ1n) is 19.2. The van der Waals surface area contributed by atoms with Crippen LogP contribution in [0, 0.1) is 13.8 Å². The molecule has 2 unspecified atom stereocenters. The smallest absolute Gasteiger partial charge is 0.324 e. The van der Waals surface area contributed by atoms with Crippen LogP contribution >= 0.6 is 46.4 Å². The van der Waals surface area contributed by atoms with Crippen LogP contribution in [0.1, 0.15) is 56.8 Å². The zero-order valence-corrected chi connectivity index (χ0v) is 38.3. The Morgan fingerprint density at radius 1 is 0.500 bits per heavy atom. The summed E-state index contributed by atoms with van der Waals surface area (Å²) in [5.74, 6) is -5.13. The van der Waals surface area contributed by atoms with Crippen molar-refractivity contribution in [2.75, 3.05) is 21.3 Å². The van der Waals surface area contributed by atoms with Crippen LogP contribution in [0.5, 0.6) is 0 Å². The van der Waals surface area contributed by atoms with E-state index >= 15 is 0 Å². The van der Waals surface area contributed by atoms with Crippen LogP contribution < -0.4 is 21.3 Å². The molecule has 0 bridgehead atoms. The quantitative estimate of drug-likeness (QED) is 0.0484. The number of ketones is 2. The number of Topliss-reactive ketones (excluding diaryl/α,β-unsaturated/α-hetero) is 2. The van der Waals surface area contributed by atoms with E-state index in [9.17, 15) is 55.1 Å². The second-order valence-electron chi connectivity index (χ2n) is 14.6. The Morgan fingerprint density at radius 3 is 1.18 bits per heavy atom. The van der Waals surface area contributed by atoms with Gasteiger partial charge < -0.3 is 21.3 Å². The summed E-state index contributed by atoms with van der Waals surface area (Å²) in [7, 11) is 0. The lowest BCUT2D eigenvalue weighted by atomic mass is 10.1. The van der Waals surface area contributed by atoms with Crippen molar-refractivity contribution in [1.82, 2.24) is 0 Å². The third-order valence-electron chi connectivity index (χ3n) is 9.30. The molecule has 24 heteroatoms. The number of benzene rings is 5. The molecule has 4 amide bonds. The average molecular weight is 1020 g/mol. The molecule has 14 nitrogen and oxygen atoms in total. The van der Waals surface area contributed by atoms with Gasteiger partial charge in [-0.2, -0.15) is 46.8 Å². The maximum atomic E-state index is 13.4. The molecular formula is C44H32Cl4F6N8O6. The van der Waals surface area contributed by atoms with E-state index in [-0.39, 0.29) is 65.3 Å². The van der Waals surface area contributed by atoms with Crippen LogP contribution in [0.25, 0.3) is 0 Å². The monoisotopic (exact) mass is 1020 g/mol. The van der Waals surface area contributed by atoms with Gasteiger partial charge in [0.05, 0.1) is 21.2 Å². The highest BCUT2D eigenvalue weighted by Gasteiger charge is 2.33. The summed E-state index contributed by atoms with van der Waals surface area (Å²) in [6.07, 6.45) is -9.48. The number of halogens is 10. The summed E-state index contributed by atoms with van der Waals surface area (Å²) in [4.78, 5) is 77.9. The minimum absolute atomic E-state index is 0.0586. The molecule has 0 spiro atoms. The Hall–Kier alpha value is -6.74. The highest BCUT2D eigenvalue weighted by Crippen LogP contribution is 2.36. The molecule has 0 radical (unpaired) electrons. The first-order valence-corrected chi connectivity index (χ1v) is 20.7. The van der Waals surface area contributed by atoms with Crippen molar-refractivity contribution in [3.05, 3.63) is 138 Å². The van der Waals surface area contributed by atoms with Gasteiger partial charge in [-0.15, -0.1) is 0 Å². The van der Waals surface area contributed by atoms with E-state index in [0.29, 0.717) is 35.4 Å². The molecular weight excluding hydrogens is 992 g/mol. The molecule has 2 atom stereocenters. The number of amides is 4. The number of alkyl halides is 6. The van der Waals surface area contributed by atoms with E-state index in [0.717, 1.165) is 38.1 Å². The Bertz CT molecular complexity index is 2740.